The van der Waals surface area contributed by atoms with Crippen molar-refractivity contribution < 1.29 is 13.2 Å². The number of nitrogen functional groups attached to an aromatic ring is 1. The molecule has 0 saturated carbocycles. The molecule has 0 amide bonds. The van der Waals surface area contributed by atoms with E-state index in [4.69, 9.17) is 11.1 Å². The molecular weight excluding hydrogens is 323 g/mol. The van der Waals surface area contributed by atoms with Gasteiger partial charge in [0.25, 0.3) is 0 Å². The van der Waals surface area contributed by atoms with Crippen molar-refractivity contribution in [1.29, 1.82) is 5.41 Å². The molecular formula is C12H15BrF3N3. The van der Waals surface area contributed by atoms with Crippen LogP contribution in [0, 0.1) is 5.41 Å². The van der Waals surface area contributed by atoms with Gasteiger partial charge in [0.15, 0.2) is 0 Å². The van der Waals surface area contributed by atoms with Crippen LogP contribution in [0.3, 0.4) is 0 Å². The van der Waals surface area contributed by atoms with Crippen LogP contribution in [0.1, 0.15) is 19.4 Å². The lowest BCUT2D eigenvalue weighted by Crippen LogP contribution is -2.40. The molecule has 106 valence electrons. The summed E-state index contributed by atoms with van der Waals surface area (Å²) >= 11 is 3.22. The van der Waals surface area contributed by atoms with Crippen molar-refractivity contribution in [2.75, 3.05) is 11.4 Å². The van der Waals surface area contributed by atoms with Gasteiger partial charge in [-0.15, -0.1) is 0 Å². The third kappa shape index (κ3) is 4.12. The molecule has 0 aliphatic heterocycles. The van der Waals surface area contributed by atoms with Crippen molar-refractivity contribution in [1.82, 2.24) is 0 Å². The Labute approximate surface area is 118 Å². The smallest absolute Gasteiger partial charge is 0.384 e. The van der Waals surface area contributed by atoms with Crippen LogP contribution in [-0.2, 0) is 0 Å². The van der Waals surface area contributed by atoms with E-state index in [0.29, 0.717) is 10.2 Å². The Kier molecular flexibility index (Phi) is 4.84. The highest BCUT2D eigenvalue weighted by Gasteiger charge is 2.33. The summed E-state index contributed by atoms with van der Waals surface area (Å²) in [6, 6.07) is 4.44. The van der Waals surface area contributed by atoms with Crippen molar-refractivity contribution >= 4 is 27.5 Å². The molecule has 0 bridgehead atoms. The average molecular weight is 338 g/mol. The summed E-state index contributed by atoms with van der Waals surface area (Å²) in [5, 5.41) is 7.52. The molecule has 0 heterocycles. The largest absolute Gasteiger partial charge is 0.405 e. The van der Waals surface area contributed by atoms with Crippen molar-refractivity contribution in [2.24, 2.45) is 5.73 Å². The maximum Gasteiger partial charge on any atom is 0.405 e. The molecule has 0 saturated heterocycles. The number of amidine groups is 1. The summed E-state index contributed by atoms with van der Waals surface area (Å²) in [6.45, 7) is 2.24. The highest BCUT2D eigenvalue weighted by molar-refractivity contribution is 9.10. The van der Waals surface area contributed by atoms with E-state index in [1.54, 1.807) is 26.0 Å². The quantitative estimate of drug-likeness (QED) is 0.652. The number of halogens is 4. The molecule has 1 aromatic rings. The summed E-state index contributed by atoms with van der Waals surface area (Å²) in [4.78, 5) is 1.18. The number of nitrogens with zero attached hydrogens (tertiary/aromatic N) is 1. The summed E-state index contributed by atoms with van der Waals surface area (Å²) in [5.74, 6) is -0.268. The third-order valence-electron chi connectivity index (χ3n) is 2.54. The van der Waals surface area contributed by atoms with Gasteiger partial charge in [0.1, 0.15) is 12.4 Å². The molecule has 0 radical (unpaired) electrons. The normalized spacial score (nSPS) is 11.7. The van der Waals surface area contributed by atoms with Crippen LogP contribution < -0.4 is 10.6 Å². The maximum absolute atomic E-state index is 12.6. The Bertz CT molecular complexity index is 472. The molecule has 0 atom stereocenters. The van der Waals surface area contributed by atoms with Gasteiger partial charge in [0.05, 0.1) is 5.56 Å². The Morgan fingerprint density at radius 1 is 1.42 bits per heavy atom. The van der Waals surface area contributed by atoms with Crippen molar-refractivity contribution in [3.8, 4) is 0 Å². The first-order chi connectivity index (χ1) is 8.63. The van der Waals surface area contributed by atoms with E-state index in [1.165, 1.54) is 11.0 Å². The standard InChI is InChI=1S/C12H15BrF3N3/c1-7(2)19(6-12(14,15)16)9-5-3-4-8(13)10(9)11(17)18/h3-5,7H,6H2,1-2H3,(H3,17,18). The molecule has 19 heavy (non-hydrogen) atoms. The highest BCUT2D eigenvalue weighted by atomic mass is 79.9. The molecule has 3 nitrogen and oxygen atoms in total. The van der Waals surface area contributed by atoms with E-state index in [1.807, 2.05) is 0 Å². The summed E-state index contributed by atoms with van der Waals surface area (Å²) in [5.41, 5.74) is 6.04. The zero-order chi connectivity index (χ0) is 14.8. The molecule has 1 rings (SSSR count). The van der Waals surface area contributed by atoms with E-state index in [-0.39, 0.29) is 17.4 Å². The molecule has 0 spiro atoms. The fourth-order valence-corrected chi connectivity index (χ4v) is 2.33. The van der Waals surface area contributed by atoms with Gasteiger partial charge < -0.3 is 10.6 Å². The van der Waals surface area contributed by atoms with Gasteiger partial charge in [0, 0.05) is 16.2 Å². The van der Waals surface area contributed by atoms with Gasteiger partial charge in [0.2, 0.25) is 0 Å². The minimum absolute atomic E-state index is 0.268. The zero-order valence-electron chi connectivity index (χ0n) is 10.6. The first kappa shape index (κ1) is 15.8. The van der Waals surface area contributed by atoms with Crippen LogP contribution in [0.25, 0.3) is 0 Å². The molecule has 0 fully saturated rings. The highest BCUT2D eigenvalue weighted by Crippen LogP contribution is 2.31. The van der Waals surface area contributed by atoms with Crippen LogP contribution in [0.5, 0.6) is 0 Å². The van der Waals surface area contributed by atoms with Gasteiger partial charge >= 0.3 is 6.18 Å². The Balaban J connectivity index is 3.31. The van der Waals surface area contributed by atoms with E-state index < -0.39 is 12.7 Å². The van der Waals surface area contributed by atoms with Crippen molar-refractivity contribution in [3.63, 3.8) is 0 Å². The Morgan fingerprint density at radius 3 is 2.42 bits per heavy atom. The zero-order valence-corrected chi connectivity index (χ0v) is 12.1. The van der Waals surface area contributed by atoms with Gasteiger partial charge in [-0.05, 0) is 41.9 Å². The topological polar surface area (TPSA) is 53.1 Å². The van der Waals surface area contributed by atoms with E-state index in [0.717, 1.165) is 0 Å². The second kappa shape index (κ2) is 5.81. The van der Waals surface area contributed by atoms with Crippen molar-refractivity contribution in [3.05, 3.63) is 28.2 Å². The lowest BCUT2D eigenvalue weighted by Gasteiger charge is -2.31. The SMILES string of the molecule is CC(C)N(CC(F)(F)F)c1cccc(Br)c1C(=N)N. The summed E-state index contributed by atoms with van der Waals surface area (Å²) in [6.07, 6.45) is -4.32. The number of hydrogen-bond acceptors (Lipinski definition) is 2. The third-order valence-corrected chi connectivity index (χ3v) is 3.20. The number of nitrogens with one attached hydrogen (secondary N) is 1. The number of rotatable bonds is 4. The van der Waals surface area contributed by atoms with Crippen LogP contribution in [0.15, 0.2) is 22.7 Å². The monoisotopic (exact) mass is 337 g/mol. The summed E-state index contributed by atoms with van der Waals surface area (Å²) in [7, 11) is 0. The predicted molar refractivity (Wildman–Crippen MR) is 73.7 cm³/mol. The fraction of sp³-hybridized carbons (Fsp3) is 0.417. The van der Waals surface area contributed by atoms with E-state index >= 15 is 0 Å². The Hall–Kier alpha value is -1.24. The molecule has 0 aliphatic carbocycles. The number of alkyl halides is 3. The lowest BCUT2D eigenvalue weighted by atomic mass is 10.1. The number of anilines is 1. The number of nitrogens with two attached hydrogens (primary N) is 1. The molecule has 3 N–H and O–H groups in total. The number of benzene rings is 1. The minimum Gasteiger partial charge on any atom is -0.384 e. The van der Waals surface area contributed by atoms with E-state index in [2.05, 4.69) is 15.9 Å². The average Bonchev–Trinajstić information content (AvgIpc) is 2.23. The van der Waals surface area contributed by atoms with Crippen LogP contribution >= 0.6 is 15.9 Å². The second-order valence-corrected chi connectivity index (χ2v) is 5.24. The maximum atomic E-state index is 12.6. The first-order valence-corrected chi connectivity index (χ1v) is 6.39. The lowest BCUT2D eigenvalue weighted by molar-refractivity contribution is -0.120. The number of hydrogen-bond donors (Lipinski definition) is 2. The van der Waals surface area contributed by atoms with Crippen LogP contribution in [-0.4, -0.2) is 24.6 Å². The van der Waals surface area contributed by atoms with Crippen LogP contribution in [0.4, 0.5) is 18.9 Å². The molecule has 1 aromatic carbocycles. The van der Waals surface area contributed by atoms with Gasteiger partial charge in [-0.3, -0.25) is 5.41 Å². The predicted octanol–water partition coefficient (Wildman–Crippen LogP) is 3.51. The molecule has 0 aromatic heterocycles. The van der Waals surface area contributed by atoms with Gasteiger partial charge in [-0.1, -0.05) is 6.07 Å². The molecule has 7 heteroatoms. The van der Waals surface area contributed by atoms with Crippen molar-refractivity contribution in [2.45, 2.75) is 26.1 Å². The molecule has 0 unspecified atom stereocenters. The van der Waals surface area contributed by atoms with Gasteiger partial charge in [-0.2, -0.15) is 13.2 Å². The molecule has 0 aliphatic rings. The summed E-state index contributed by atoms with van der Waals surface area (Å²) < 4.78 is 38.4. The minimum atomic E-state index is -4.32. The fourth-order valence-electron chi connectivity index (χ4n) is 1.76. The second-order valence-electron chi connectivity index (χ2n) is 4.38. The van der Waals surface area contributed by atoms with E-state index in [9.17, 15) is 13.2 Å². The van der Waals surface area contributed by atoms with Crippen LogP contribution in [0.2, 0.25) is 0 Å². The Morgan fingerprint density at radius 2 is 2.00 bits per heavy atom. The first-order valence-electron chi connectivity index (χ1n) is 5.59. The van der Waals surface area contributed by atoms with Gasteiger partial charge in [-0.25, -0.2) is 0 Å².